The Kier molecular flexibility index (Phi) is 7.85. The first kappa shape index (κ1) is 24.1. The number of carbonyl (C=O) groups is 2. The van der Waals surface area contributed by atoms with Crippen molar-refractivity contribution in [2.45, 2.75) is 46.6 Å². The van der Waals surface area contributed by atoms with Crippen molar-refractivity contribution in [1.29, 1.82) is 0 Å². The van der Waals surface area contributed by atoms with E-state index in [0.717, 1.165) is 16.2 Å². The van der Waals surface area contributed by atoms with Crippen LogP contribution in [-0.2, 0) is 14.3 Å². The second-order valence-corrected chi connectivity index (χ2v) is 10.4. The van der Waals surface area contributed by atoms with Crippen LogP contribution < -0.4 is 0 Å². The van der Waals surface area contributed by atoms with Gasteiger partial charge in [0.25, 0.3) is 5.91 Å². The molecule has 7 heteroatoms. The van der Waals surface area contributed by atoms with Crippen LogP contribution >= 0.6 is 11.3 Å². The van der Waals surface area contributed by atoms with E-state index in [9.17, 15) is 9.59 Å². The number of thiophene rings is 1. The highest BCUT2D eigenvalue weighted by Crippen LogP contribution is 2.34. The fourth-order valence-corrected chi connectivity index (χ4v) is 4.40. The maximum Gasteiger partial charge on any atom is 0.262 e. The lowest BCUT2D eigenvalue weighted by atomic mass is 9.91. The van der Waals surface area contributed by atoms with Crippen LogP contribution in [0.4, 0.5) is 0 Å². The van der Waals surface area contributed by atoms with Crippen molar-refractivity contribution in [3.63, 3.8) is 0 Å². The maximum absolute atomic E-state index is 13.4. The number of methoxy groups -OCH3 is 1. The number of benzene rings is 1. The minimum absolute atomic E-state index is 0.0120. The van der Waals surface area contributed by atoms with Crippen LogP contribution in [0.1, 0.15) is 55.7 Å². The highest BCUT2D eigenvalue weighted by molar-refractivity contribution is 7.12. The lowest BCUT2D eigenvalue weighted by Crippen LogP contribution is -2.43. The summed E-state index contributed by atoms with van der Waals surface area (Å²) in [4.78, 5) is 29.0. The average Bonchev–Trinajstić information content (AvgIpc) is 3.40. The van der Waals surface area contributed by atoms with Crippen LogP contribution in [0.25, 0.3) is 0 Å². The largest absolute Gasteiger partial charge is 0.383 e. The minimum atomic E-state index is -0.180. The summed E-state index contributed by atoms with van der Waals surface area (Å²) in [6.45, 7) is 8.85. The third-order valence-corrected chi connectivity index (χ3v) is 6.28. The highest BCUT2D eigenvalue weighted by atomic mass is 32.1. The Hall–Kier alpha value is -2.51. The van der Waals surface area contributed by atoms with Crippen molar-refractivity contribution in [2.75, 3.05) is 26.8 Å². The standard InChI is InChI=1S/C25H33N3O3S/c1-18-8-10-19(11-9-18)21-15-20(22-7-6-14-32-22)26-28(21)24(30)17-27(12-13-31-5)23(29)16-25(2,3)4/h6-11,14,21H,12-13,15-17H2,1-5H3/t21-/m0/s1. The molecule has 0 aliphatic carbocycles. The van der Waals surface area contributed by atoms with Crippen LogP contribution in [0.2, 0.25) is 0 Å². The van der Waals surface area contributed by atoms with Gasteiger partial charge in [-0.15, -0.1) is 11.3 Å². The van der Waals surface area contributed by atoms with Gasteiger partial charge >= 0.3 is 0 Å². The Balaban J connectivity index is 1.84. The summed E-state index contributed by atoms with van der Waals surface area (Å²) in [5, 5.41) is 8.31. The molecule has 1 aromatic heterocycles. The number of nitrogens with zero attached hydrogens (tertiary/aromatic N) is 3. The van der Waals surface area contributed by atoms with Gasteiger partial charge in [-0.2, -0.15) is 5.10 Å². The van der Waals surface area contributed by atoms with E-state index in [2.05, 4.69) is 24.3 Å². The monoisotopic (exact) mass is 455 g/mol. The van der Waals surface area contributed by atoms with Crippen LogP contribution in [-0.4, -0.2) is 54.2 Å². The zero-order valence-electron chi connectivity index (χ0n) is 19.6. The Morgan fingerprint density at radius 3 is 2.53 bits per heavy atom. The number of hydrogen-bond acceptors (Lipinski definition) is 5. The predicted octanol–water partition coefficient (Wildman–Crippen LogP) is 4.65. The molecule has 0 saturated carbocycles. The molecule has 2 amide bonds. The summed E-state index contributed by atoms with van der Waals surface area (Å²) in [5.74, 6) is -0.225. The van der Waals surface area contributed by atoms with Crippen LogP contribution in [0.5, 0.6) is 0 Å². The smallest absolute Gasteiger partial charge is 0.262 e. The molecule has 0 N–H and O–H groups in total. The number of amides is 2. The van der Waals surface area contributed by atoms with Gasteiger partial charge in [0.05, 0.1) is 23.2 Å². The van der Waals surface area contributed by atoms with Gasteiger partial charge in [-0.3, -0.25) is 9.59 Å². The van der Waals surface area contributed by atoms with Gasteiger partial charge in [0.15, 0.2) is 0 Å². The fourth-order valence-electron chi connectivity index (χ4n) is 3.67. The summed E-state index contributed by atoms with van der Waals surface area (Å²) in [5.41, 5.74) is 2.96. The molecule has 0 fully saturated rings. The van der Waals surface area contributed by atoms with Crippen LogP contribution in [0.15, 0.2) is 46.9 Å². The number of hydrogen-bond donors (Lipinski definition) is 0. The van der Waals surface area contributed by atoms with E-state index in [0.29, 0.717) is 26.0 Å². The molecule has 0 spiro atoms. The predicted molar refractivity (Wildman–Crippen MR) is 129 cm³/mol. The van der Waals surface area contributed by atoms with E-state index in [4.69, 9.17) is 9.84 Å². The van der Waals surface area contributed by atoms with Crippen molar-refractivity contribution in [2.24, 2.45) is 10.5 Å². The first-order valence-corrected chi connectivity index (χ1v) is 11.8. The zero-order valence-corrected chi connectivity index (χ0v) is 20.4. The Morgan fingerprint density at radius 1 is 1.22 bits per heavy atom. The number of ether oxygens (including phenoxy) is 1. The molecule has 1 aromatic carbocycles. The summed E-state index contributed by atoms with van der Waals surface area (Å²) in [6, 6.07) is 12.1. The first-order chi connectivity index (χ1) is 15.2. The molecular weight excluding hydrogens is 422 g/mol. The zero-order chi connectivity index (χ0) is 23.3. The van der Waals surface area contributed by atoms with E-state index in [1.54, 1.807) is 28.4 Å². The molecule has 6 nitrogen and oxygen atoms in total. The highest BCUT2D eigenvalue weighted by Gasteiger charge is 2.35. The Morgan fingerprint density at radius 2 is 1.94 bits per heavy atom. The van der Waals surface area contributed by atoms with Gasteiger partial charge in [-0.25, -0.2) is 5.01 Å². The van der Waals surface area contributed by atoms with Gasteiger partial charge < -0.3 is 9.64 Å². The van der Waals surface area contributed by atoms with Crippen molar-refractivity contribution in [3.8, 4) is 0 Å². The van der Waals surface area contributed by atoms with E-state index in [1.165, 1.54) is 5.56 Å². The second-order valence-electron chi connectivity index (χ2n) is 9.44. The van der Waals surface area contributed by atoms with Gasteiger partial charge in [0, 0.05) is 26.5 Å². The van der Waals surface area contributed by atoms with Gasteiger partial charge in [0.2, 0.25) is 5.91 Å². The van der Waals surface area contributed by atoms with Crippen molar-refractivity contribution >= 4 is 28.9 Å². The van der Waals surface area contributed by atoms with Crippen molar-refractivity contribution in [1.82, 2.24) is 9.91 Å². The quantitative estimate of drug-likeness (QED) is 0.582. The third kappa shape index (κ3) is 6.26. The number of rotatable bonds is 8. The second kappa shape index (κ2) is 10.4. The molecule has 32 heavy (non-hydrogen) atoms. The SMILES string of the molecule is COCCN(CC(=O)N1N=C(c2cccs2)C[C@H]1c1ccc(C)cc1)C(=O)CC(C)(C)C. The molecule has 1 atom stereocenters. The van der Waals surface area contributed by atoms with E-state index >= 15 is 0 Å². The lowest BCUT2D eigenvalue weighted by molar-refractivity contribution is -0.143. The van der Waals surface area contributed by atoms with Crippen molar-refractivity contribution in [3.05, 3.63) is 57.8 Å². The van der Waals surface area contributed by atoms with Gasteiger partial charge in [-0.05, 0) is 29.3 Å². The van der Waals surface area contributed by atoms with Crippen LogP contribution in [0, 0.1) is 12.3 Å². The van der Waals surface area contributed by atoms with E-state index in [1.807, 2.05) is 45.2 Å². The van der Waals surface area contributed by atoms with Gasteiger partial charge in [-0.1, -0.05) is 56.7 Å². The molecule has 172 valence electrons. The van der Waals surface area contributed by atoms with Gasteiger partial charge in [0.1, 0.15) is 6.54 Å². The first-order valence-electron chi connectivity index (χ1n) is 10.9. The number of aryl methyl sites for hydroxylation is 1. The van der Waals surface area contributed by atoms with Crippen LogP contribution in [0.3, 0.4) is 0 Å². The fraction of sp³-hybridized carbons (Fsp3) is 0.480. The molecule has 2 aromatic rings. The summed E-state index contributed by atoms with van der Waals surface area (Å²) < 4.78 is 5.18. The molecule has 0 unspecified atom stereocenters. The van der Waals surface area contributed by atoms with E-state index < -0.39 is 0 Å². The average molecular weight is 456 g/mol. The molecule has 1 aliphatic rings. The molecule has 0 radical (unpaired) electrons. The molecule has 1 aliphatic heterocycles. The topological polar surface area (TPSA) is 62.2 Å². The Labute approximate surface area is 194 Å². The molecule has 2 heterocycles. The number of hydrazone groups is 1. The minimum Gasteiger partial charge on any atom is -0.383 e. The molecule has 3 rings (SSSR count). The normalized spacial score (nSPS) is 16.2. The lowest BCUT2D eigenvalue weighted by Gasteiger charge is -2.29. The summed E-state index contributed by atoms with van der Waals surface area (Å²) in [7, 11) is 1.60. The number of carbonyl (C=O) groups excluding carboxylic acids is 2. The van der Waals surface area contributed by atoms with E-state index in [-0.39, 0.29) is 29.8 Å². The molecular formula is C25H33N3O3S. The van der Waals surface area contributed by atoms with Crippen molar-refractivity contribution < 1.29 is 14.3 Å². The summed E-state index contributed by atoms with van der Waals surface area (Å²) in [6.07, 6.45) is 1.03. The maximum atomic E-state index is 13.4. The molecule has 0 bridgehead atoms. The molecule has 0 saturated heterocycles. The Bertz CT molecular complexity index is 946. The summed E-state index contributed by atoms with van der Waals surface area (Å²) >= 11 is 1.62. The third-order valence-electron chi connectivity index (χ3n) is 5.36.